The van der Waals surface area contributed by atoms with Crippen LogP contribution in [0, 0.1) is 5.92 Å². The molecule has 3 heteroatoms. The summed E-state index contributed by atoms with van der Waals surface area (Å²) in [6.45, 7) is 7.61. The number of aromatic nitrogens is 2. The molecule has 0 radical (unpaired) electrons. The van der Waals surface area contributed by atoms with Gasteiger partial charge in [-0.1, -0.05) is 20.8 Å². The molecule has 0 saturated heterocycles. The topological polar surface area (TPSA) is 37.8 Å². The quantitative estimate of drug-likeness (QED) is 0.779. The minimum atomic E-state index is 0.375. The van der Waals surface area contributed by atoms with Crippen LogP contribution >= 0.6 is 0 Å². The van der Waals surface area contributed by atoms with Gasteiger partial charge in [0.05, 0.1) is 5.69 Å². The first-order valence-electron chi connectivity index (χ1n) is 5.73. The number of hydrogen-bond donors (Lipinski definition) is 1. The second kappa shape index (κ2) is 6.51. The van der Waals surface area contributed by atoms with Gasteiger partial charge < -0.3 is 5.32 Å². The fourth-order valence-corrected chi connectivity index (χ4v) is 1.61. The number of nitrogens with one attached hydrogen (secondary N) is 1. The summed E-state index contributed by atoms with van der Waals surface area (Å²) >= 11 is 0. The van der Waals surface area contributed by atoms with Gasteiger partial charge in [-0.25, -0.2) is 9.97 Å². The maximum Gasteiger partial charge on any atom is 0.115 e. The number of rotatable bonds is 6. The summed E-state index contributed by atoms with van der Waals surface area (Å²) in [5, 5.41) is 3.46. The van der Waals surface area contributed by atoms with Crippen LogP contribution in [0.2, 0.25) is 0 Å². The van der Waals surface area contributed by atoms with Gasteiger partial charge in [0.1, 0.15) is 6.33 Å². The van der Waals surface area contributed by atoms with Gasteiger partial charge in [0.15, 0.2) is 0 Å². The molecule has 0 aromatic carbocycles. The van der Waals surface area contributed by atoms with E-state index in [0.29, 0.717) is 6.04 Å². The summed E-state index contributed by atoms with van der Waals surface area (Å²) in [4.78, 5) is 8.25. The molecule has 0 aliphatic rings. The van der Waals surface area contributed by atoms with E-state index in [1.54, 1.807) is 6.33 Å². The first-order chi connectivity index (χ1) is 7.24. The van der Waals surface area contributed by atoms with E-state index in [-0.39, 0.29) is 0 Å². The van der Waals surface area contributed by atoms with Crippen LogP contribution in [0.1, 0.15) is 45.3 Å². The second-order valence-electron chi connectivity index (χ2n) is 4.22. The number of hydrogen-bond acceptors (Lipinski definition) is 3. The molecule has 1 aromatic rings. The molecule has 1 rings (SSSR count). The summed E-state index contributed by atoms with van der Waals surface area (Å²) in [7, 11) is 0. The summed E-state index contributed by atoms with van der Waals surface area (Å²) in [5.74, 6) is 0.744. The van der Waals surface area contributed by atoms with Gasteiger partial charge in [-0.2, -0.15) is 0 Å². The fourth-order valence-electron chi connectivity index (χ4n) is 1.61. The van der Waals surface area contributed by atoms with Crippen molar-refractivity contribution in [2.24, 2.45) is 5.92 Å². The highest BCUT2D eigenvalue weighted by atomic mass is 14.9. The van der Waals surface area contributed by atoms with Crippen molar-refractivity contribution >= 4 is 0 Å². The molecule has 15 heavy (non-hydrogen) atoms. The van der Waals surface area contributed by atoms with Crippen molar-refractivity contribution in [3.05, 3.63) is 24.3 Å². The van der Waals surface area contributed by atoms with Gasteiger partial charge in [0, 0.05) is 12.2 Å². The largest absolute Gasteiger partial charge is 0.309 e. The Hall–Kier alpha value is -0.960. The predicted molar refractivity (Wildman–Crippen MR) is 62.5 cm³/mol. The van der Waals surface area contributed by atoms with E-state index < -0.39 is 0 Å². The standard InChI is InChI=1S/C12H21N3/c1-4-14-11(6-5-10(2)3)12-7-8-13-9-15-12/h7-11,14H,4-6H2,1-3H3. The Morgan fingerprint density at radius 1 is 1.33 bits per heavy atom. The van der Waals surface area contributed by atoms with Crippen molar-refractivity contribution in [3.8, 4) is 0 Å². The summed E-state index contributed by atoms with van der Waals surface area (Å²) < 4.78 is 0. The highest BCUT2D eigenvalue weighted by Gasteiger charge is 2.11. The van der Waals surface area contributed by atoms with Crippen molar-refractivity contribution in [3.63, 3.8) is 0 Å². The van der Waals surface area contributed by atoms with Crippen LogP contribution in [-0.4, -0.2) is 16.5 Å². The first-order valence-corrected chi connectivity index (χ1v) is 5.73. The van der Waals surface area contributed by atoms with E-state index in [9.17, 15) is 0 Å². The van der Waals surface area contributed by atoms with E-state index in [1.165, 1.54) is 6.42 Å². The Kier molecular flexibility index (Phi) is 5.26. The highest BCUT2D eigenvalue weighted by molar-refractivity contribution is 5.04. The monoisotopic (exact) mass is 207 g/mol. The predicted octanol–water partition coefficient (Wildman–Crippen LogP) is 2.56. The van der Waals surface area contributed by atoms with E-state index >= 15 is 0 Å². The maximum absolute atomic E-state index is 4.30. The van der Waals surface area contributed by atoms with Crippen molar-refractivity contribution in [2.75, 3.05) is 6.54 Å². The van der Waals surface area contributed by atoms with Crippen LogP contribution < -0.4 is 5.32 Å². The lowest BCUT2D eigenvalue weighted by atomic mass is 10.0. The highest BCUT2D eigenvalue weighted by Crippen LogP contribution is 2.18. The Morgan fingerprint density at radius 2 is 2.13 bits per heavy atom. The van der Waals surface area contributed by atoms with Gasteiger partial charge in [-0.05, 0) is 31.4 Å². The smallest absolute Gasteiger partial charge is 0.115 e. The SMILES string of the molecule is CCNC(CCC(C)C)c1ccncn1. The fraction of sp³-hybridized carbons (Fsp3) is 0.667. The molecule has 0 aliphatic carbocycles. The molecule has 1 heterocycles. The Balaban J connectivity index is 2.57. The molecule has 0 saturated carbocycles. The molecule has 1 atom stereocenters. The zero-order valence-electron chi connectivity index (χ0n) is 9.90. The minimum absolute atomic E-state index is 0.375. The van der Waals surface area contributed by atoms with Crippen molar-refractivity contribution in [1.82, 2.24) is 15.3 Å². The molecule has 0 bridgehead atoms. The van der Waals surface area contributed by atoms with Crippen molar-refractivity contribution in [2.45, 2.75) is 39.7 Å². The minimum Gasteiger partial charge on any atom is -0.309 e. The Morgan fingerprint density at radius 3 is 2.67 bits per heavy atom. The van der Waals surface area contributed by atoms with Crippen LogP contribution in [0.3, 0.4) is 0 Å². The normalized spacial score (nSPS) is 13.1. The molecule has 3 nitrogen and oxygen atoms in total. The van der Waals surface area contributed by atoms with Crippen LogP contribution in [0.5, 0.6) is 0 Å². The van der Waals surface area contributed by atoms with Crippen LogP contribution in [0.15, 0.2) is 18.6 Å². The molecule has 1 unspecified atom stereocenters. The third-order valence-electron chi connectivity index (χ3n) is 2.45. The zero-order chi connectivity index (χ0) is 11.1. The lowest BCUT2D eigenvalue weighted by molar-refractivity contribution is 0.441. The van der Waals surface area contributed by atoms with E-state index in [4.69, 9.17) is 0 Å². The summed E-state index contributed by atoms with van der Waals surface area (Å²) in [6, 6.07) is 2.37. The third kappa shape index (κ3) is 4.38. The van der Waals surface area contributed by atoms with Gasteiger partial charge in [-0.3, -0.25) is 0 Å². The van der Waals surface area contributed by atoms with E-state index in [0.717, 1.165) is 24.6 Å². The molecule has 84 valence electrons. The average molecular weight is 207 g/mol. The summed E-state index contributed by atoms with van der Waals surface area (Å²) in [6.07, 6.45) is 5.79. The molecule has 0 aliphatic heterocycles. The molecule has 1 aromatic heterocycles. The molecular weight excluding hydrogens is 186 g/mol. The molecule has 0 spiro atoms. The second-order valence-corrected chi connectivity index (χ2v) is 4.22. The lowest BCUT2D eigenvalue weighted by Gasteiger charge is -2.17. The van der Waals surface area contributed by atoms with Crippen molar-refractivity contribution < 1.29 is 0 Å². The Bertz CT molecular complexity index is 259. The van der Waals surface area contributed by atoms with E-state index in [2.05, 4.69) is 36.1 Å². The zero-order valence-corrected chi connectivity index (χ0v) is 9.90. The van der Waals surface area contributed by atoms with Gasteiger partial charge in [0.2, 0.25) is 0 Å². The van der Waals surface area contributed by atoms with Crippen LogP contribution in [-0.2, 0) is 0 Å². The number of nitrogens with zero attached hydrogens (tertiary/aromatic N) is 2. The Labute approximate surface area is 92.3 Å². The van der Waals surface area contributed by atoms with Gasteiger partial charge in [-0.15, -0.1) is 0 Å². The molecule has 0 fully saturated rings. The summed E-state index contributed by atoms with van der Waals surface area (Å²) in [5.41, 5.74) is 1.10. The lowest BCUT2D eigenvalue weighted by Crippen LogP contribution is -2.22. The molecular formula is C12H21N3. The maximum atomic E-state index is 4.30. The molecule has 0 amide bonds. The van der Waals surface area contributed by atoms with Gasteiger partial charge in [0.25, 0.3) is 0 Å². The third-order valence-corrected chi connectivity index (χ3v) is 2.45. The molecule has 1 N–H and O–H groups in total. The first kappa shape index (κ1) is 12.1. The van der Waals surface area contributed by atoms with Crippen molar-refractivity contribution in [1.29, 1.82) is 0 Å². The average Bonchev–Trinajstić information content (AvgIpc) is 2.25. The van der Waals surface area contributed by atoms with Gasteiger partial charge >= 0.3 is 0 Å². The van der Waals surface area contributed by atoms with Crippen LogP contribution in [0.25, 0.3) is 0 Å². The van der Waals surface area contributed by atoms with Crippen LogP contribution in [0.4, 0.5) is 0 Å². The van der Waals surface area contributed by atoms with E-state index in [1.807, 2.05) is 12.3 Å².